The third-order valence-corrected chi connectivity index (χ3v) is 14.2. The zero-order valence-corrected chi connectivity index (χ0v) is 36.7. The first-order valence-corrected chi connectivity index (χ1v) is 22.5. The lowest BCUT2D eigenvalue weighted by molar-refractivity contribution is 0.632. The molecule has 0 amide bonds. The van der Waals surface area contributed by atoms with E-state index in [1.807, 2.05) is 0 Å². The Morgan fingerprint density at radius 3 is 1.69 bits per heavy atom. The predicted octanol–water partition coefficient (Wildman–Crippen LogP) is 17.2. The highest BCUT2D eigenvalue weighted by atomic mass is 15.2. The molecule has 12 rings (SSSR count). The summed E-state index contributed by atoms with van der Waals surface area (Å²) in [5, 5.41) is 4.94. The van der Waals surface area contributed by atoms with Crippen molar-refractivity contribution in [2.24, 2.45) is 0 Å². The summed E-state index contributed by atoms with van der Waals surface area (Å²) in [6, 6.07) is 80.9. The molecule has 0 radical (unpaired) electrons. The van der Waals surface area contributed by atoms with Crippen molar-refractivity contribution in [1.29, 1.82) is 0 Å². The first-order chi connectivity index (χ1) is 31.3. The van der Waals surface area contributed by atoms with Crippen molar-refractivity contribution in [2.75, 3.05) is 9.80 Å². The van der Waals surface area contributed by atoms with E-state index in [9.17, 15) is 0 Å². The summed E-state index contributed by atoms with van der Waals surface area (Å²) in [4.78, 5) is 4.95. The molecule has 2 aliphatic rings. The van der Waals surface area contributed by atoms with Crippen LogP contribution in [-0.2, 0) is 10.8 Å². The highest BCUT2D eigenvalue weighted by Crippen LogP contribution is 2.56. The predicted molar refractivity (Wildman–Crippen MR) is 271 cm³/mol. The van der Waals surface area contributed by atoms with Crippen LogP contribution in [-0.4, -0.2) is 0 Å². The van der Waals surface area contributed by atoms with Crippen LogP contribution in [0.4, 0.5) is 34.1 Å². The van der Waals surface area contributed by atoms with Gasteiger partial charge in [0.05, 0.1) is 17.1 Å². The molecule has 0 spiro atoms. The van der Waals surface area contributed by atoms with Gasteiger partial charge in [-0.2, -0.15) is 0 Å². The quantitative estimate of drug-likeness (QED) is 0.165. The summed E-state index contributed by atoms with van der Waals surface area (Å²) in [6.07, 6.45) is 0. The lowest BCUT2D eigenvalue weighted by atomic mass is 9.72. The van der Waals surface area contributed by atoms with Crippen LogP contribution in [0, 0.1) is 0 Å². The molecule has 0 unspecified atom stereocenters. The molecule has 0 atom stereocenters. The van der Waals surface area contributed by atoms with E-state index >= 15 is 0 Å². The second-order valence-electron chi connectivity index (χ2n) is 18.5. The maximum absolute atomic E-state index is 2.55. The van der Waals surface area contributed by atoms with E-state index in [2.05, 4.69) is 256 Å². The van der Waals surface area contributed by atoms with Gasteiger partial charge in [0.1, 0.15) is 0 Å². The van der Waals surface area contributed by atoms with Crippen molar-refractivity contribution in [1.82, 2.24) is 0 Å². The zero-order valence-electron chi connectivity index (χ0n) is 36.7. The molecule has 2 nitrogen and oxygen atoms in total. The molecule has 306 valence electrons. The fourth-order valence-corrected chi connectivity index (χ4v) is 11.0. The van der Waals surface area contributed by atoms with Crippen LogP contribution in [0.15, 0.2) is 218 Å². The SMILES string of the molecule is CC1(C)c2ccccc2-c2ccc(N(c3ccccc3)c3ccc(-c4ccc5c(c4)C(C)(C)c4ccccc4N5c4c(-c5cccc6ccccc56)ccc5ccccc45)cc3)cc21. The largest absolute Gasteiger partial charge is 0.310 e. The van der Waals surface area contributed by atoms with Crippen molar-refractivity contribution in [3.8, 4) is 33.4 Å². The number of nitrogens with zero attached hydrogens (tertiary/aromatic N) is 2. The van der Waals surface area contributed by atoms with Crippen LogP contribution < -0.4 is 9.80 Å². The Morgan fingerprint density at radius 1 is 0.328 bits per heavy atom. The van der Waals surface area contributed by atoms with Crippen molar-refractivity contribution >= 4 is 55.7 Å². The van der Waals surface area contributed by atoms with Gasteiger partial charge in [0.2, 0.25) is 0 Å². The maximum atomic E-state index is 2.55. The van der Waals surface area contributed by atoms with E-state index in [1.54, 1.807) is 0 Å². The smallest absolute Gasteiger partial charge is 0.0618 e. The van der Waals surface area contributed by atoms with E-state index in [0.29, 0.717) is 0 Å². The molecule has 64 heavy (non-hydrogen) atoms. The Hall–Kier alpha value is -7.68. The minimum atomic E-state index is -0.256. The molecule has 0 N–H and O–H groups in total. The molecule has 1 heterocycles. The summed E-state index contributed by atoms with van der Waals surface area (Å²) in [5.74, 6) is 0. The van der Waals surface area contributed by atoms with Gasteiger partial charge in [0, 0.05) is 38.8 Å². The Kier molecular flexibility index (Phi) is 8.58. The highest BCUT2D eigenvalue weighted by Gasteiger charge is 2.39. The van der Waals surface area contributed by atoms with Crippen LogP contribution in [0.25, 0.3) is 54.9 Å². The molecule has 0 fully saturated rings. The van der Waals surface area contributed by atoms with Crippen LogP contribution in [0.5, 0.6) is 0 Å². The molecule has 2 heteroatoms. The summed E-state index contributed by atoms with van der Waals surface area (Å²) in [5.41, 5.74) is 19.6. The molecule has 1 aliphatic heterocycles. The topological polar surface area (TPSA) is 6.48 Å². The summed E-state index contributed by atoms with van der Waals surface area (Å²) >= 11 is 0. The van der Waals surface area contributed by atoms with Crippen molar-refractivity contribution in [3.63, 3.8) is 0 Å². The standard InChI is InChI=1S/C62H48N2/c1-61(2)54-26-13-12-24-51(54)52-37-35-47(40-56(52)61)63(45-20-6-5-7-21-45)46-33-29-41(30-34-46)44-32-38-59-57(39-44)62(3,4)55-27-14-15-28-58(55)64(59)60-49-23-11-9-18-43(49)31-36-53(60)50-25-16-19-42-17-8-10-22-48(42)50/h5-40H,1-4H3. The number of anilines is 6. The molecule has 0 bridgehead atoms. The van der Waals surface area contributed by atoms with E-state index in [1.165, 1.54) is 94.2 Å². The van der Waals surface area contributed by atoms with Gasteiger partial charge in [-0.05, 0) is 121 Å². The van der Waals surface area contributed by atoms with Gasteiger partial charge in [-0.25, -0.2) is 0 Å². The van der Waals surface area contributed by atoms with Crippen LogP contribution in [0.2, 0.25) is 0 Å². The van der Waals surface area contributed by atoms with Gasteiger partial charge in [0.15, 0.2) is 0 Å². The maximum Gasteiger partial charge on any atom is 0.0618 e. The van der Waals surface area contributed by atoms with E-state index in [-0.39, 0.29) is 10.8 Å². The molecular formula is C62H48N2. The Bertz CT molecular complexity index is 3440. The summed E-state index contributed by atoms with van der Waals surface area (Å²) < 4.78 is 0. The molecule has 10 aromatic rings. The van der Waals surface area contributed by atoms with Crippen LogP contribution >= 0.6 is 0 Å². The van der Waals surface area contributed by atoms with E-state index in [4.69, 9.17) is 0 Å². The van der Waals surface area contributed by atoms with Crippen molar-refractivity contribution in [2.45, 2.75) is 38.5 Å². The second-order valence-corrected chi connectivity index (χ2v) is 18.5. The molecule has 10 aromatic carbocycles. The van der Waals surface area contributed by atoms with Gasteiger partial charge in [-0.15, -0.1) is 0 Å². The number of rotatable bonds is 6. The number of fused-ring (bicyclic) bond motifs is 7. The monoisotopic (exact) mass is 820 g/mol. The second kappa shape index (κ2) is 14.4. The van der Waals surface area contributed by atoms with Gasteiger partial charge >= 0.3 is 0 Å². The number of hydrogen-bond acceptors (Lipinski definition) is 2. The van der Waals surface area contributed by atoms with Crippen molar-refractivity contribution < 1.29 is 0 Å². The third kappa shape index (κ3) is 5.79. The average molecular weight is 821 g/mol. The van der Waals surface area contributed by atoms with Gasteiger partial charge in [0.25, 0.3) is 0 Å². The minimum absolute atomic E-state index is 0.0877. The minimum Gasteiger partial charge on any atom is -0.310 e. The molecule has 0 saturated carbocycles. The summed E-state index contributed by atoms with van der Waals surface area (Å²) in [6.45, 7) is 9.48. The van der Waals surface area contributed by atoms with Crippen LogP contribution in [0.3, 0.4) is 0 Å². The van der Waals surface area contributed by atoms with E-state index in [0.717, 1.165) is 17.1 Å². The summed E-state index contributed by atoms with van der Waals surface area (Å²) in [7, 11) is 0. The molecular weight excluding hydrogens is 773 g/mol. The average Bonchev–Trinajstić information content (AvgIpc) is 3.57. The Labute approximate surface area is 376 Å². The number of hydrogen-bond donors (Lipinski definition) is 0. The third-order valence-electron chi connectivity index (χ3n) is 14.2. The number of para-hydroxylation sites is 2. The fourth-order valence-electron chi connectivity index (χ4n) is 11.0. The Morgan fingerprint density at radius 2 is 0.875 bits per heavy atom. The zero-order chi connectivity index (χ0) is 43.2. The van der Waals surface area contributed by atoms with Crippen LogP contribution in [0.1, 0.15) is 49.9 Å². The molecule has 1 aliphatic carbocycles. The first-order valence-electron chi connectivity index (χ1n) is 22.5. The molecule has 0 aromatic heterocycles. The van der Waals surface area contributed by atoms with Gasteiger partial charge in [-0.3, -0.25) is 0 Å². The van der Waals surface area contributed by atoms with Crippen molar-refractivity contribution in [3.05, 3.63) is 241 Å². The molecule has 0 saturated heterocycles. The Balaban J connectivity index is 0.988. The van der Waals surface area contributed by atoms with E-state index < -0.39 is 0 Å². The lowest BCUT2D eigenvalue weighted by Crippen LogP contribution is -2.31. The van der Waals surface area contributed by atoms with Gasteiger partial charge < -0.3 is 9.80 Å². The normalized spacial score (nSPS) is 14.2. The number of benzene rings is 10. The van der Waals surface area contributed by atoms with Gasteiger partial charge in [-0.1, -0.05) is 191 Å². The highest BCUT2D eigenvalue weighted by molar-refractivity contribution is 6.11. The first kappa shape index (κ1) is 38.0. The lowest BCUT2D eigenvalue weighted by Gasteiger charge is -2.43. The fraction of sp³-hybridized carbons (Fsp3) is 0.0968.